The first kappa shape index (κ1) is 12.0. The average molecular weight is 200 g/mol. The van der Waals surface area contributed by atoms with Gasteiger partial charge in [-0.05, 0) is 27.7 Å². The van der Waals surface area contributed by atoms with Crippen molar-refractivity contribution in [1.82, 2.24) is 10.2 Å². The lowest BCUT2D eigenvalue weighted by Gasteiger charge is -2.43. The molecule has 0 spiro atoms. The molecule has 0 aliphatic carbocycles. The van der Waals surface area contributed by atoms with Crippen molar-refractivity contribution in [3.63, 3.8) is 0 Å². The van der Waals surface area contributed by atoms with Crippen molar-refractivity contribution in [2.75, 3.05) is 32.8 Å². The maximum absolute atomic E-state index is 5.39. The molecule has 14 heavy (non-hydrogen) atoms. The van der Waals surface area contributed by atoms with E-state index >= 15 is 0 Å². The Morgan fingerprint density at radius 3 is 2.86 bits per heavy atom. The molecule has 3 heteroatoms. The fourth-order valence-electron chi connectivity index (χ4n) is 1.90. The van der Waals surface area contributed by atoms with E-state index in [0.717, 1.165) is 32.8 Å². The molecular formula is C11H24N2O. The Morgan fingerprint density at radius 1 is 1.50 bits per heavy atom. The second kappa shape index (κ2) is 5.10. The van der Waals surface area contributed by atoms with Gasteiger partial charge in [0.25, 0.3) is 0 Å². The molecular weight excluding hydrogens is 176 g/mol. The van der Waals surface area contributed by atoms with E-state index in [9.17, 15) is 0 Å². The molecule has 1 N–H and O–H groups in total. The van der Waals surface area contributed by atoms with Crippen molar-refractivity contribution in [3.8, 4) is 0 Å². The molecule has 0 amide bonds. The molecule has 1 atom stereocenters. The summed E-state index contributed by atoms with van der Waals surface area (Å²) in [7, 11) is 0. The van der Waals surface area contributed by atoms with E-state index in [4.69, 9.17) is 4.74 Å². The highest BCUT2D eigenvalue weighted by molar-refractivity contribution is 4.90. The van der Waals surface area contributed by atoms with Gasteiger partial charge in [-0.1, -0.05) is 0 Å². The van der Waals surface area contributed by atoms with Crippen LogP contribution in [0.15, 0.2) is 0 Å². The molecule has 1 saturated heterocycles. The Morgan fingerprint density at radius 2 is 2.21 bits per heavy atom. The minimum atomic E-state index is 0.249. The van der Waals surface area contributed by atoms with Crippen molar-refractivity contribution in [2.45, 2.75) is 39.3 Å². The van der Waals surface area contributed by atoms with Crippen LogP contribution in [0, 0.1) is 0 Å². The van der Waals surface area contributed by atoms with Gasteiger partial charge in [-0.15, -0.1) is 0 Å². The molecule has 0 aromatic rings. The van der Waals surface area contributed by atoms with Gasteiger partial charge >= 0.3 is 0 Å². The van der Waals surface area contributed by atoms with Gasteiger partial charge in [0.05, 0.1) is 6.61 Å². The third-order valence-electron chi connectivity index (χ3n) is 2.82. The lowest BCUT2D eigenvalue weighted by molar-refractivity contribution is 0.0589. The van der Waals surface area contributed by atoms with Gasteiger partial charge in [-0.25, -0.2) is 0 Å². The molecule has 0 aromatic heterocycles. The smallest absolute Gasteiger partial charge is 0.0593 e. The molecule has 1 fully saturated rings. The molecule has 0 saturated carbocycles. The Kier molecular flexibility index (Phi) is 4.35. The van der Waals surface area contributed by atoms with Crippen molar-refractivity contribution in [2.24, 2.45) is 0 Å². The minimum absolute atomic E-state index is 0.249. The number of hydrogen-bond acceptors (Lipinski definition) is 3. The van der Waals surface area contributed by atoms with Crippen LogP contribution in [-0.2, 0) is 4.74 Å². The lowest BCUT2D eigenvalue weighted by Crippen LogP contribution is -2.61. The topological polar surface area (TPSA) is 24.5 Å². The summed E-state index contributed by atoms with van der Waals surface area (Å²) in [5.41, 5.74) is 0.249. The fourth-order valence-corrected chi connectivity index (χ4v) is 1.90. The van der Waals surface area contributed by atoms with Crippen LogP contribution in [0.2, 0.25) is 0 Å². The highest BCUT2D eigenvalue weighted by Crippen LogP contribution is 2.14. The molecule has 1 rings (SSSR count). The number of ether oxygens (including phenoxy) is 1. The van der Waals surface area contributed by atoms with Crippen LogP contribution in [0.1, 0.15) is 27.7 Å². The minimum Gasteiger partial charge on any atom is -0.380 e. The van der Waals surface area contributed by atoms with E-state index in [0.29, 0.717) is 6.04 Å². The van der Waals surface area contributed by atoms with Gasteiger partial charge < -0.3 is 10.1 Å². The summed E-state index contributed by atoms with van der Waals surface area (Å²) in [4.78, 5) is 2.51. The molecule has 0 radical (unpaired) electrons. The summed E-state index contributed by atoms with van der Waals surface area (Å²) in [5.74, 6) is 0. The number of rotatable bonds is 4. The fraction of sp³-hybridized carbons (Fsp3) is 1.00. The highest BCUT2D eigenvalue weighted by Gasteiger charge is 2.29. The zero-order chi connectivity index (χ0) is 10.6. The molecule has 3 nitrogen and oxygen atoms in total. The first-order valence-corrected chi connectivity index (χ1v) is 5.62. The molecule has 1 heterocycles. The van der Waals surface area contributed by atoms with Crippen molar-refractivity contribution >= 4 is 0 Å². The largest absolute Gasteiger partial charge is 0.380 e. The Labute approximate surface area is 87.8 Å². The van der Waals surface area contributed by atoms with E-state index in [-0.39, 0.29) is 5.54 Å². The van der Waals surface area contributed by atoms with Crippen LogP contribution in [0.4, 0.5) is 0 Å². The first-order valence-electron chi connectivity index (χ1n) is 5.62. The van der Waals surface area contributed by atoms with Crippen molar-refractivity contribution in [1.29, 1.82) is 0 Å². The third-order valence-corrected chi connectivity index (χ3v) is 2.82. The van der Waals surface area contributed by atoms with Gasteiger partial charge in [-0.3, -0.25) is 4.90 Å². The molecule has 84 valence electrons. The summed E-state index contributed by atoms with van der Waals surface area (Å²) in [6.45, 7) is 13.8. The second-order valence-electron chi connectivity index (χ2n) is 4.78. The van der Waals surface area contributed by atoms with Gasteiger partial charge in [0.1, 0.15) is 0 Å². The molecule has 1 aliphatic heterocycles. The van der Waals surface area contributed by atoms with Crippen LogP contribution in [-0.4, -0.2) is 49.3 Å². The number of nitrogens with zero attached hydrogens (tertiary/aromatic N) is 1. The Bertz CT molecular complexity index is 171. The van der Waals surface area contributed by atoms with Crippen LogP contribution >= 0.6 is 0 Å². The average Bonchev–Trinajstić information content (AvgIpc) is 2.11. The first-order chi connectivity index (χ1) is 6.55. The van der Waals surface area contributed by atoms with Crippen molar-refractivity contribution in [3.05, 3.63) is 0 Å². The number of hydrogen-bond donors (Lipinski definition) is 1. The predicted molar refractivity (Wildman–Crippen MR) is 59.6 cm³/mol. The van der Waals surface area contributed by atoms with E-state index in [1.165, 1.54) is 0 Å². The summed E-state index contributed by atoms with van der Waals surface area (Å²) in [6.07, 6.45) is 0. The zero-order valence-electron chi connectivity index (χ0n) is 9.97. The standard InChI is InChI=1S/C11H24N2O/c1-5-14-7-6-13-9-11(3,4)12-8-10(13)2/h10,12H,5-9H2,1-4H3. The van der Waals surface area contributed by atoms with Crippen LogP contribution in [0.5, 0.6) is 0 Å². The Balaban J connectivity index is 2.33. The quantitative estimate of drug-likeness (QED) is 0.688. The second-order valence-corrected chi connectivity index (χ2v) is 4.78. The highest BCUT2D eigenvalue weighted by atomic mass is 16.5. The van der Waals surface area contributed by atoms with E-state index in [1.54, 1.807) is 0 Å². The SMILES string of the molecule is CCOCCN1CC(C)(C)NCC1C. The zero-order valence-corrected chi connectivity index (χ0v) is 9.97. The molecule has 0 bridgehead atoms. The summed E-state index contributed by atoms with van der Waals surface area (Å²) >= 11 is 0. The molecule has 0 aromatic carbocycles. The van der Waals surface area contributed by atoms with Gasteiger partial charge in [0.2, 0.25) is 0 Å². The van der Waals surface area contributed by atoms with Gasteiger partial charge in [-0.2, -0.15) is 0 Å². The third kappa shape index (κ3) is 3.56. The van der Waals surface area contributed by atoms with Gasteiger partial charge in [0, 0.05) is 37.8 Å². The summed E-state index contributed by atoms with van der Waals surface area (Å²) < 4.78 is 5.39. The van der Waals surface area contributed by atoms with E-state index < -0.39 is 0 Å². The van der Waals surface area contributed by atoms with Crippen molar-refractivity contribution < 1.29 is 4.74 Å². The van der Waals surface area contributed by atoms with Crippen LogP contribution in [0.3, 0.4) is 0 Å². The molecule has 1 unspecified atom stereocenters. The van der Waals surface area contributed by atoms with Gasteiger partial charge in [0.15, 0.2) is 0 Å². The summed E-state index contributed by atoms with van der Waals surface area (Å²) in [5, 5.41) is 3.55. The van der Waals surface area contributed by atoms with E-state index in [1.807, 2.05) is 6.92 Å². The maximum Gasteiger partial charge on any atom is 0.0593 e. The molecule has 1 aliphatic rings. The van der Waals surface area contributed by atoms with Crippen LogP contribution in [0.25, 0.3) is 0 Å². The number of piperazine rings is 1. The van der Waals surface area contributed by atoms with Crippen LogP contribution < -0.4 is 5.32 Å². The normalized spacial score (nSPS) is 27.9. The van der Waals surface area contributed by atoms with E-state index in [2.05, 4.69) is 31.0 Å². The lowest BCUT2D eigenvalue weighted by atomic mass is 9.99. The number of nitrogens with one attached hydrogen (secondary N) is 1. The maximum atomic E-state index is 5.39. The predicted octanol–water partition coefficient (Wildman–Crippen LogP) is 1.10. The Hall–Kier alpha value is -0.120. The monoisotopic (exact) mass is 200 g/mol. The summed E-state index contributed by atoms with van der Waals surface area (Å²) in [6, 6.07) is 0.628.